The quantitative estimate of drug-likeness (QED) is 0.171. The van der Waals surface area contributed by atoms with E-state index in [1.165, 1.54) is 11.1 Å². The SMILES string of the molecule is CCc1ccc(Oc2ccccc2N)c(OC)c1.CCc1ccc(Oc2ccccc2NC=O)c(OC)c1. The van der Waals surface area contributed by atoms with E-state index < -0.39 is 0 Å². The summed E-state index contributed by atoms with van der Waals surface area (Å²) >= 11 is 0. The van der Waals surface area contributed by atoms with Crippen molar-refractivity contribution in [3.8, 4) is 34.5 Å². The van der Waals surface area contributed by atoms with Crippen LogP contribution in [0, 0.1) is 0 Å². The first kappa shape index (κ1) is 27.9. The Morgan fingerprint density at radius 3 is 1.66 bits per heavy atom. The maximum Gasteiger partial charge on any atom is 0.211 e. The van der Waals surface area contributed by atoms with E-state index in [9.17, 15) is 4.79 Å². The molecule has 0 aliphatic rings. The number of ether oxygens (including phenoxy) is 4. The molecule has 0 saturated heterocycles. The molecule has 0 fully saturated rings. The highest BCUT2D eigenvalue weighted by Crippen LogP contribution is 2.36. The number of hydrogen-bond acceptors (Lipinski definition) is 6. The fourth-order valence-corrected chi connectivity index (χ4v) is 3.58. The molecule has 0 saturated carbocycles. The average molecular weight is 515 g/mol. The van der Waals surface area contributed by atoms with Crippen LogP contribution in [0.3, 0.4) is 0 Å². The standard InChI is InChI=1S/C16H17NO3.C15H17NO2/c1-3-12-8-9-15(16(10-12)19-2)20-14-7-5-4-6-13(14)17-11-18;1-3-11-8-9-14(15(10-11)17-2)18-13-7-5-4-6-12(13)16/h4-11H,3H2,1-2H3,(H,17,18);4-10H,3,16H2,1-2H3. The largest absolute Gasteiger partial charge is 0.493 e. The molecule has 7 nitrogen and oxygen atoms in total. The minimum Gasteiger partial charge on any atom is -0.493 e. The third kappa shape index (κ3) is 7.43. The molecule has 0 unspecified atom stereocenters. The lowest BCUT2D eigenvalue weighted by molar-refractivity contribution is -0.105. The fraction of sp³-hybridized carbons (Fsp3) is 0.194. The van der Waals surface area contributed by atoms with Crippen molar-refractivity contribution in [3.05, 3.63) is 96.1 Å². The van der Waals surface area contributed by atoms with E-state index in [-0.39, 0.29) is 0 Å². The molecule has 0 radical (unpaired) electrons. The van der Waals surface area contributed by atoms with Gasteiger partial charge in [-0.15, -0.1) is 0 Å². The summed E-state index contributed by atoms with van der Waals surface area (Å²) < 4.78 is 22.3. The monoisotopic (exact) mass is 514 g/mol. The van der Waals surface area contributed by atoms with Crippen LogP contribution >= 0.6 is 0 Å². The van der Waals surface area contributed by atoms with Crippen LogP contribution in [0.5, 0.6) is 34.5 Å². The minimum atomic E-state index is 0.571. The average Bonchev–Trinajstić information content (AvgIpc) is 2.96. The highest BCUT2D eigenvalue weighted by Gasteiger charge is 2.10. The number of carbonyl (C=O) groups is 1. The van der Waals surface area contributed by atoms with Gasteiger partial charge in [0, 0.05) is 0 Å². The van der Waals surface area contributed by atoms with Crippen molar-refractivity contribution >= 4 is 17.8 Å². The van der Waals surface area contributed by atoms with Gasteiger partial charge >= 0.3 is 0 Å². The van der Waals surface area contributed by atoms with Crippen LogP contribution in [-0.4, -0.2) is 20.6 Å². The summed E-state index contributed by atoms with van der Waals surface area (Å²) in [6, 6.07) is 26.4. The summed E-state index contributed by atoms with van der Waals surface area (Å²) in [6.07, 6.45) is 2.52. The number of aryl methyl sites for hydroxylation is 2. The minimum absolute atomic E-state index is 0.571. The molecule has 0 aromatic heterocycles. The number of benzene rings is 4. The lowest BCUT2D eigenvalue weighted by Crippen LogP contribution is -1.98. The van der Waals surface area contributed by atoms with Gasteiger partial charge in [-0.2, -0.15) is 0 Å². The molecule has 4 aromatic rings. The van der Waals surface area contributed by atoms with Crippen LogP contribution in [0.2, 0.25) is 0 Å². The number of rotatable bonds is 10. The maximum atomic E-state index is 10.6. The van der Waals surface area contributed by atoms with Gasteiger partial charge in [0.25, 0.3) is 0 Å². The van der Waals surface area contributed by atoms with Crippen molar-refractivity contribution in [1.82, 2.24) is 0 Å². The van der Waals surface area contributed by atoms with Crippen molar-refractivity contribution in [3.63, 3.8) is 0 Å². The molecule has 4 aromatic carbocycles. The van der Waals surface area contributed by atoms with E-state index in [2.05, 4.69) is 19.2 Å². The number of para-hydroxylation sites is 4. The Balaban J connectivity index is 0.000000212. The molecule has 0 bridgehead atoms. The van der Waals surface area contributed by atoms with Crippen molar-refractivity contribution in [2.75, 3.05) is 25.3 Å². The number of nitrogens with one attached hydrogen (secondary N) is 1. The zero-order valence-electron chi connectivity index (χ0n) is 22.2. The first-order valence-electron chi connectivity index (χ1n) is 12.4. The Morgan fingerprint density at radius 2 is 1.16 bits per heavy atom. The normalized spacial score (nSPS) is 10.0. The Labute approximate surface area is 224 Å². The van der Waals surface area contributed by atoms with Gasteiger partial charge in [-0.05, 0) is 72.5 Å². The maximum absolute atomic E-state index is 10.6. The lowest BCUT2D eigenvalue weighted by Gasteiger charge is -2.13. The molecule has 4 rings (SSSR count). The van der Waals surface area contributed by atoms with E-state index in [0.717, 1.165) is 18.6 Å². The summed E-state index contributed by atoms with van der Waals surface area (Å²) in [4.78, 5) is 10.6. The van der Waals surface area contributed by atoms with Crippen LogP contribution in [0.4, 0.5) is 11.4 Å². The zero-order chi connectivity index (χ0) is 27.3. The molecule has 3 N–H and O–H groups in total. The molecule has 198 valence electrons. The second-order valence-electron chi connectivity index (χ2n) is 8.18. The van der Waals surface area contributed by atoms with Gasteiger partial charge in [-0.1, -0.05) is 50.2 Å². The zero-order valence-corrected chi connectivity index (χ0v) is 22.2. The van der Waals surface area contributed by atoms with Crippen LogP contribution in [0.15, 0.2) is 84.9 Å². The fourth-order valence-electron chi connectivity index (χ4n) is 3.58. The van der Waals surface area contributed by atoms with E-state index in [0.29, 0.717) is 46.5 Å². The molecule has 0 aliphatic heterocycles. The van der Waals surface area contributed by atoms with E-state index in [1.54, 1.807) is 26.4 Å². The number of nitrogens with two attached hydrogens (primary N) is 1. The van der Waals surface area contributed by atoms with E-state index in [1.807, 2.05) is 72.8 Å². The number of methoxy groups -OCH3 is 2. The van der Waals surface area contributed by atoms with Gasteiger partial charge in [-0.25, -0.2) is 0 Å². The third-order valence-corrected chi connectivity index (χ3v) is 5.73. The van der Waals surface area contributed by atoms with Gasteiger partial charge < -0.3 is 30.0 Å². The molecule has 0 spiro atoms. The van der Waals surface area contributed by atoms with Gasteiger partial charge in [0.05, 0.1) is 25.6 Å². The molecule has 0 aliphatic carbocycles. The van der Waals surface area contributed by atoms with E-state index in [4.69, 9.17) is 24.7 Å². The highest BCUT2D eigenvalue weighted by molar-refractivity contribution is 5.75. The third-order valence-electron chi connectivity index (χ3n) is 5.73. The van der Waals surface area contributed by atoms with Gasteiger partial charge in [-0.3, -0.25) is 4.79 Å². The highest BCUT2D eigenvalue weighted by atomic mass is 16.5. The molecule has 0 atom stereocenters. The molecule has 7 heteroatoms. The summed E-state index contributed by atoms with van der Waals surface area (Å²) in [6.45, 7) is 4.18. The summed E-state index contributed by atoms with van der Waals surface area (Å²) in [7, 11) is 3.24. The summed E-state index contributed by atoms with van der Waals surface area (Å²) in [5.41, 5.74) is 9.46. The predicted molar refractivity (Wildman–Crippen MR) is 152 cm³/mol. The number of carbonyl (C=O) groups excluding carboxylic acids is 1. The topological polar surface area (TPSA) is 92.0 Å². The number of amides is 1. The van der Waals surface area contributed by atoms with Crippen molar-refractivity contribution < 1.29 is 23.7 Å². The molecular weight excluding hydrogens is 480 g/mol. The second kappa shape index (κ2) is 14.2. The second-order valence-corrected chi connectivity index (χ2v) is 8.18. The lowest BCUT2D eigenvalue weighted by atomic mass is 10.1. The number of anilines is 2. The first-order valence-corrected chi connectivity index (χ1v) is 12.4. The number of nitrogen functional groups attached to an aromatic ring is 1. The molecule has 38 heavy (non-hydrogen) atoms. The predicted octanol–water partition coefficient (Wildman–Crippen LogP) is 7.25. The van der Waals surface area contributed by atoms with Crippen LogP contribution in [0.25, 0.3) is 0 Å². The summed E-state index contributed by atoms with van der Waals surface area (Å²) in [5, 5.41) is 2.61. The smallest absolute Gasteiger partial charge is 0.211 e. The van der Waals surface area contributed by atoms with E-state index >= 15 is 0 Å². The summed E-state index contributed by atoms with van der Waals surface area (Å²) in [5.74, 6) is 3.89. The van der Waals surface area contributed by atoms with Crippen LogP contribution < -0.4 is 30.0 Å². The Morgan fingerprint density at radius 1 is 0.658 bits per heavy atom. The van der Waals surface area contributed by atoms with Gasteiger partial charge in [0.15, 0.2) is 34.5 Å². The van der Waals surface area contributed by atoms with Crippen molar-refractivity contribution in [2.45, 2.75) is 26.7 Å². The van der Waals surface area contributed by atoms with Crippen LogP contribution in [-0.2, 0) is 17.6 Å². The molecule has 0 heterocycles. The van der Waals surface area contributed by atoms with Gasteiger partial charge in [0.2, 0.25) is 6.41 Å². The number of hydrogen-bond donors (Lipinski definition) is 2. The van der Waals surface area contributed by atoms with Crippen LogP contribution in [0.1, 0.15) is 25.0 Å². The Hall–Kier alpha value is -4.65. The Kier molecular flexibility index (Phi) is 10.4. The first-order chi connectivity index (χ1) is 18.5. The van der Waals surface area contributed by atoms with Crippen molar-refractivity contribution in [1.29, 1.82) is 0 Å². The van der Waals surface area contributed by atoms with Gasteiger partial charge in [0.1, 0.15) is 0 Å². The van der Waals surface area contributed by atoms with Crippen molar-refractivity contribution in [2.24, 2.45) is 0 Å². The molecular formula is C31H34N2O5. The molecule has 1 amide bonds. The Bertz CT molecular complexity index is 1340.